The summed E-state index contributed by atoms with van der Waals surface area (Å²) in [6.07, 6.45) is 2.58. The number of rotatable bonds is 10. The first kappa shape index (κ1) is 25.5. The minimum absolute atomic E-state index is 0. The van der Waals surface area contributed by atoms with Crippen molar-refractivity contribution in [1.29, 1.82) is 0 Å². The standard InChI is InChI=1S/C23H30N4O2.HI/c1-4-16-29-21-13-9-8-12-20(21)17-25-23(26-18-22(28)27(2)3)24-15-14-19-10-6-5-7-11-19;/h4-13H,1,14-18H2,2-3H3,(H2,24,25,26);1H. The number of benzene rings is 2. The molecule has 0 bridgehead atoms. The van der Waals surface area contributed by atoms with Crippen LogP contribution < -0.4 is 15.4 Å². The van der Waals surface area contributed by atoms with Crippen LogP contribution in [0.3, 0.4) is 0 Å². The van der Waals surface area contributed by atoms with Crippen LogP contribution in [0.5, 0.6) is 5.75 Å². The summed E-state index contributed by atoms with van der Waals surface area (Å²) in [5.41, 5.74) is 2.21. The molecule has 0 heterocycles. The van der Waals surface area contributed by atoms with Crippen molar-refractivity contribution < 1.29 is 9.53 Å². The van der Waals surface area contributed by atoms with Crippen LogP contribution in [0.1, 0.15) is 11.1 Å². The van der Waals surface area contributed by atoms with Gasteiger partial charge in [-0.05, 0) is 18.1 Å². The van der Waals surface area contributed by atoms with E-state index in [9.17, 15) is 4.79 Å². The fourth-order valence-corrected chi connectivity index (χ4v) is 2.55. The van der Waals surface area contributed by atoms with Crippen LogP contribution in [-0.2, 0) is 17.8 Å². The zero-order valence-corrected chi connectivity index (χ0v) is 20.0. The van der Waals surface area contributed by atoms with Crippen LogP contribution in [0, 0.1) is 0 Å². The molecule has 162 valence electrons. The van der Waals surface area contributed by atoms with E-state index in [1.807, 2.05) is 42.5 Å². The predicted molar refractivity (Wildman–Crippen MR) is 134 cm³/mol. The number of amides is 1. The van der Waals surface area contributed by atoms with Gasteiger partial charge in [-0.25, -0.2) is 4.99 Å². The number of halogens is 1. The van der Waals surface area contributed by atoms with E-state index in [4.69, 9.17) is 4.74 Å². The lowest BCUT2D eigenvalue weighted by Gasteiger charge is -2.15. The molecule has 0 unspecified atom stereocenters. The van der Waals surface area contributed by atoms with E-state index in [1.54, 1.807) is 25.1 Å². The lowest BCUT2D eigenvalue weighted by molar-refractivity contribution is -0.127. The first-order valence-electron chi connectivity index (χ1n) is 9.68. The first-order valence-corrected chi connectivity index (χ1v) is 9.68. The summed E-state index contributed by atoms with van der Waals surface area (Å²) >= 11 is 0. The molecule has 0 aliphatic heterocycles. The highest BCUT2D eigenvalue weighted by atomic mass is 127. The van der Waals surface area contributed by atoms with Crippen molar-refractivity contribution in [2.75, 3.05) is 33.8 Å². The number of carbonyl (C=O) groups is 1. The van der Waals surface area contributed by atoms with Crippen LogP contribution in [0.2, 0.25) is 0 Å². The number of hydrogen-bond acceptors (Lipinski definition) is 3. The predicted octanol–water partition coefficient (Wildman–Crippen LogP) is 3.24. The molecule has 0 aromatic heterocycles. The first-order chi connectivity index (χ1) is 14.1. The second-order valence-electron chi connectivity index (χ2n) is 6.68. The van der Waals surface area contributed by atoms with Gasteiger partial charge in [0.25, 0.3) is 0 Å². The number of aliphatic imine (C=N–C) groups is 1. The molecular formula is C23H31IN4O2. The molecule has 0 saturated heterocycles. The van der Waals surface area contributed by atoms with Crippen molar-refractivity contribution in [2.24, 2.45) is 4.99 Å². The molecular weight excluding hydrogens is 491 g/mol. The highest BCUT2D eigenvalue weighted by molar-refractivity contribution is 14.0. The summed E-state index contributed by atoms with van der Waals surface area (Å²) in [5.74, 6) is 1.36. The third-order valence-corrected chi connectivity index (χ3v) is 4.19. The summed E-state index contributed by atoms with van der Waals surface area (Å²) in [6.45, 7) is 5.45. The van der Waals surface area contributed by atoms with Gasteiger partial charge in [0.05, 0.1) is 13.1 Å². The van der Waals surface area contributed by atoms with Gasteiger partial charge in [0.2, 0.25) is 5.91 Å². The highest BCUT2D eigenvalue weighted by Gasteiger charge is 2.07. The van der Waals surface area contributed by atoms with Gasteiger partial charge >= 0.3 is 0 Å². The van der Waals surface area contributed by atoms with Crippen LogP contribution in [-0.4, -0.2) is 50.6 Å². The van der Waals surface area contributed by atoms with E-state index in [2.05, 4.69) is 34.3 Å². The summed E-state index contributed by atoms with van der Waals surface area (Å²) in [6, 6.07) is 18.0. The average molecular weight is 522 g/mol. The Morgan fingerprint density at radius 3 is 2.50 bits per heavy atom. The lowest BCUT2D eigenvalue weighted by Crippen LogP contribution is -2.43. The second-order valence-corrected chi connectivity index (χ2v) is 6.68. The molecule has 2 aromatic rings. The molecule has 1 amide bonds. The molecule has 2 aromatic carbocycles. The topological polar surface area (TPSA) is 66.0 Å². The van der Waals surface area contributed by atoms with E-state index in [1.165, 1.54) is 5.56 Å². The number of nitrogens with zero attached hydrogens (tertiary/aromatic N) is 2. The summed E-state index contributed by atoms with van der Waals surface area (Å²) < 4.78 is 5.70. The van der Waals surface area contributed by atoms with Crippen molar-refractivity contribution >= 4 is 35.8 Å². The Morgan fingerprint density at radius 1 is 1.10 bits per heavy atom. The fourth-order valence-electron chi connectivity index (χ4n) is 2.55. The zero-order chi connectivity index (χ0) is 20.9. The monoisotopic (exact) mass is 522 g/mol. The number of nitrogens with one attached hydrogen (secondary N) is 2. The van der Waals surface area contributed by atoms with Gasteiger partial charge in [-0.2, -0.15) is 0 Å². The molecule has 0 fully saturated rings. The Morgan fingerprint density at radius 2 is 1.80 bits per heavy atom. The maximum Gasteiger partial charge on any atom is 0.241 e. The molecule has 0 aliphatic rings. The summed E-state index contributed by atoms with van der Waals surface area (Å²) in [4.78, 5) is 18.1. The third kappa shape index (κ3) is 9.30. The third-order valence-electron chi connectivity index (χ3n) is 4.19. The van der Waals surface area contributed by atoms with Crippen molar-refractivity contribution in [3.05, 3.63) is 78.4 Å². The number of hydrogen-bond donors (Lipinski definition) is 2. The number of para-hydroxylation sites is 1. The molecule has 2 rings (SSSR count). The van der Waals surface area contributed by atoms with Gasteiger partial charge in [-0.1, -0.05) is 61.2 Å². The minimum atomic E-state index is -0.0164. The van der Waals surface area contributed by atoms with Crippen LogP contribution in [0.4, 0.5) is 0 Å². The van der Waals surface area contributed by atoms with Crippen molar-refractivity contribution in [3.63, 3.8) is 0 Å². The number of ether oxygens (including phenoxy) is 1. The Kier molecular flexibility index (Phi) is 12.3. The van der Waals surface area contributed by atoms with Crippen LogP contribution in [0.25, 0.3) is 0 Å². The van der Waals surface area contributed by atoms with Gasteiger partial charge in [-0.3, -0.25) is 4.79 Å². The van der Waals surface area contributed by atoms with E-state index in [0.29, 0.717) is 25.7 Å². The fraction of sp³-hybridized carbons (Fsp3) is 0.304. The molecule has 0 aliphatic carbocycles. The Balaban J connectivity index is 0.00000450. The van der Waals surface area contributed by atoms with Crippen molar-refractivity contribution in [3.8, 4) is 5.75 Å². The van der Waals surface area contributed by atoms with Crippen LogP contribution in [0.15, 0.2) is 72.2 Å². The van der Waals surface area contributed by atoms with E-state index >= 15 is 0 Å². The van der Waals surface area contributed by atoms with E-state index in [0.717, 1.165) is 17.7 Å². The number of carbonyl (C=O) groups excluding carboxylic acids is 1. The smallest absolute Gasteiger partial charge is 0.241 e. The molecule has 6 nitrogen and oxygen atoms in total. The molecule has 0 radical (unpaired) electrons. The SMILES string of the molecule is C=CCOc1ccccc1CN=C(NCCc1ccccc1)NCC(=O)N(C)C.I. The number of guanidine groups is 1. The van der Waals surface area contributed by atoms with E-state index < -0.39 is 0 Å². The van der Waals surface area contributed by atoms with Crippen molar-refractivity contribution in [2.45, 2.75) is 13.0 Å². The number of likely N-dealkylation sites (N-methyl/N-ethyl adjacent to an activating group) is 1. The second kappa shape index (κ2) is 14.4. The highest BCUT2D eigenvalue weighted by Crippen LogP contribution is 2.18. The summed E-state index contributed by atoms with van der Waals surface area (Å²) in [7, 11) is 3.47. The molecule has 0 saturated carbocycles. The molecule has 0 atom stereocenters. The van der Waals surface area contributed by atoms with Gasteiger partial charge in [0.15, 0.2) is 5.96 Å². The van der Waals surface area contributed by atoms with Gasteiger partial charge < -0.3 is 20.3 Å². The normalized spacial score (nSPS) is 10.5. The van der Waals surface area contributed by atoms with Gasteiger partial charge in [-0.15, -0.1) is 24.0 Å². The largest absolute Gasteiger partial charge is 0.489 e. The van der Waals surface area contributed by atoms with E-state index in [-0.39, 0.29) is 36.4 Å². The minimum Gasteiger partial charge on any atom is -0.489 e. The van der Waals surface area contributed by atoms with Gasteiger partial charge in [0, 0.05) is 26.2 Å². The average Bonchev–Trinajstić information content (AvgIpc) is 2.74. The quantitative estimate of drug-likeness (QED) is 0.218. The molecule has 0 spiro atoms. The Labute approximate surface area is 196 Å². The lowest BCUT2D eigenvalue weighted by atomic mass is 10.1. The molecule has 2 N–H and O–H groups in total. The maximum absolute atomic E-state index is 11.9. The summed E-state index contributed by atoms with van der Waals surface area (Å²) in [5, 5.41) is 6.42. The zero-order valence-electron chi connectivity index (χ0n) is 17.6. The Hall–Kier alpha value is -2.55. The molecule has 7 heteroatoms. The van der Waals surface area contributed by atoms with Crippen LogP contribution >= 0.6 is 24.0 Å². The molecule has 30 heavy (non-hydrogen) atoms. The Bertz CT molecular complexity index is 810. The van der Waals surface area contributed by atoms with Crippen molar-refractivity contribution in [1.82, 2.24) is 15.5 Å². The van der Waals surface area contributed by atoms with Gasteiger partial charge in [0.1, 0.15) is 12.4 Å². The maximum atomic E-state index is 11.9.